The summed E-state index contributed by atoms with van der Waals surface area (Å²) < 4.78 is 5.27. The number of nitrogens with two attached hydrogens (primary N) is 1. The van der Waals surface area contributed by atoms with E-state index in [-0.39, 0.29) is 11.9 Å². The highest BCUT2D eigenvalue weighted by Crippen LogP contribution is 2.14. The van der Waals surface area contributed by atoms with Gasteiger partial charge in [-0.05, 0) is 41.5 Å². The van der Waals surface area contributed by atoms with Crippen molar-refractivity contribution in [3.8, 4) is 0 Å². The average molecular weight is 245 g/mol. The number of carbonyl (C=O) groups excluding carboxylic acids is 1. The third kappa shape index (κ3) is 4.93. The highest BCUT2D eigenvalue weighted by atomic mass is 16.6. The average Bonchev–Trinajstić information content (AvgIpc) is 2.12. The monoisotopic (exact) mass is 245 g/mol. The van der Waals surface area contributed by atoms with Crippen molar-refractivity contribution in [1.82, 2.24) is 4.90 Å². The number of hydrogen-bond donors (Lipinski definition) is 2. The molecule has 0 spiro atoms. The number of oxime groups is 1. The lowest BCUT2D eigenvalue weighted by Gasteiger charge is -2.33. The molecule has 17 heavy (non-hydrogen) atoms. The summed E-state index contributed by atoms with van der Waals surface area (Å²) in [5, 5.41) is 11.5. The fraction of sp³-hybridized carbons (Fsp3) is 0.818. The maximum absolute atomic E-state index is 12.0. The number of hydrogen-bond acceptors (Lipinski definition) is 4. The van der Waals surface area contributed by atoms with Crippen molar-refractivity contribution in [3.63, 3.8) is 0 Å². The number of rotatable bonds is 3. The first kappa shape index (κ1) is 15.5. The van der Waals surface area contributed by atoms with E-state index in [4.69, 9.17) is 15.7 Å². The van der Waals surface area contributed by atoms with Crippen molar-refractivity contribution < 1.29 is 14.7 Å². The van der Waals surface area contributed by atoms with Gasteiger partial charge in [-0.2, -0.15) is 0 Å². The third-order valence-electron chi connectivity index (χ3n) is 2.12. The molecule has 0 aliphatic heterocycles. The molecule has 0 saturated carbocycles. The Labute approximate surface area is 102 Å². The Balaban J connectivity index is 4.93. The lowest BCUT2D eigenvalue weighted by atomic mass is 10.2. The molecule has 0 radical (unpaired) electrons. The van der Waals surface area contributed by atoms with E-state index in [9.17, 15) is 4.79 Å². The zero-order valence-electron chi connectivity index (χ0n) is 11.4. The number of nitrogens with zero attached hydrogens (tertiary/aromatic N) is 2. The molecule has 6 nitrogen and oxygen atoms in total. The number of amidine groups is 1. The summed E-state index contributed by atoms with van der Waals surface area (Å²) in [6.07, 6.45) is -0.480. The van der Waals surface area contributed by atoms with E-state index < -0.39 is 17.7 Å². The van der Waals surface area contributed by atoms with Crippen LogP contribution in [0.4, 0.5) is 4.79 Å². The highest BCUT2D eigenvalue weighted by molar-refractivity contribution is 5.88. The lowest BCUT2D eigenvalue weighted by Crippen LogP contribution is -2.51. The Morgan fingerprint density at radius 2 is 1.82 bits per heavy atom. The number of carbonyl (C=O) groups is 1. The van der Waals surface area contributed by atoms with Crippen molar-refractivity contribution in [3.05, 3.63) is 0 Å². The second-order valence-corrected chi connectivity index (χ2v) is 5.18. The second kappa shape index (κ2) is 5.75. The Morgan fingerprint density at radius 1 is 1.35 bits per heavy atom. The third-order valence-corrected chi connectivity index (χ3v) is 2.12. The molecule has 0 rings (SSSR count). The molecule has 0 aromatic rings. The van der Waals surface area contributed by atoms with Gasteiger partial charge in [0.2, 0.25) is 0 Å². The van der Waals surface area contributed by atoms with Gasteiger partial charge in [-0.15, -0.1) is 0 Å². The van der Waals surface area contributed by atoms with Gasteiger partial charge in [-0.25, -0.2) is 4.79 Å². The molecule has 0 saturated heterocycles. The van der Waals surface area contributed by atoms with Crippen LogP contribution in [0.3, 0.4) is 0 Å². The maximum Gasteiger partial charge on any atom is 0.411 e. The SMILES string of the molecule is CC(C)N(C(=O)OC(C)(C)C)C(C)/C(N)=N/O. The normalized spacial score (nSPS) is 14.6. The van der Waals surface area contributed by atoms with E-state index in [1.807, 2.05) is 13.8 Å². The van der Waals surface area contributed by atoms with Crippen LogP contribution in [0.15, 0.2) is 5.16 Å². The molecule has 1 unspecified atom stereocenters. The Hall–Kier alpha value is -1.46. The molecule has 0 aliphatic carbocycles. The Morgan fingerprint density at radius 3 is 2.12 bits per heavy atom. The zero-order chi connectivity index (χ0) is 13.8. The van der Waals surface area contributed by atoms with E-state index in [0.717, 1.165) is 0 Å². The molecule has 0 bridgehead atoms. The fourth-order valence-corrected chi connectivity index (χ4v) is 1.36. The van der Waals surface area contributed by atoms with Gasteiger partial charge < -0.3 is 15.7 Å². The summed E-state index contributed by atoms with van der Waals surface area (Å²) in [5.74, 6) is -0.0236. The number of ether oxygens (including phenoxy) is 1. The molecule has 1 atom stereocenters. The summed E-state index contributed by atoms with van der Waals surface area (Å²) in [5.41, 5.74) is 4.93. The largest absolute Gasteiger partial charge is 0.444 e. The van der Waals surface area contributed by atoms with Crippen LogP contribution < -0.4 is 5.73 Å². The van der Waals surface area contributed by atoms with Crippen LogP contribution >= 0.6 is 0 Å². The van der Waals surface area contributed by atoms with Crippen LogP contribution in [0, 0.1) is 0 Å². The van der Waals surface area contributed by atoms with Gasteiger partial charge in [0.25, 0.3) is 0 Å². The second-order valence-electron chi connectivity index (χ2n) is 5.18. The van der Waals surface area contributed by atoms with Crippen molar-refractivity contribution in [2.45, 2.75) is 59.2 Å². The molecule has 6 heteroatoms. The first-order valence-corrected chi connectivity index (χ1v) is 5.59. The van der Waals surface area contributed by atoms with Crippen LogP contribution in [0.25, 0.3) is 0 Å². The van der Waals surface area contributed by atoms with Crippen molar-refractivity contribution in [2.24, 2.45) is 10.9 Å². The first-order chi connectivity index (χ1) is 7.60. The first-order valence-electron chi connectivity index (χ1n) is 5.59. The summed E-state index contributed by atoms with van der Waals surface area (Å²) in [7, 11) is 0. The van der Waals surface area contributed by atoms with Gasteiger partial charge >= 0.3 is 6.09 Å². The van der Waals surface area contributed by atoms with Crippen molar-refractivity contribution >= 4 is 11.9 Å². The van der Waals surface area contributed by atoms with Crippen LogP contribution in [0.5, 0.6) is 0 Å². The van der Waals surface area contributed by atoms with Gasteiger partial charge in [0.15, 0.2) is 5.84 Å². The van der Waals surface area contributed by atoms with Gasteiger partial charge in [0.1, 0.15) is 5.60 Å². The van der Waals surface area contributed by atoms with E-state index >= 15 is 0 Å². The van der Waals surface area contributed by atoms with Crippen molar-refractivity contribution in [2.75, 3.05) is 0 Å². The number of amides is 1. The van der Waals surface area contributed by atoms with Crippen LogP contribution in [0.1, 0.15) is 41.5 Å². The van der Waals surface area contributed by atoms with Crippen LogP contribution in [-0.2, 0) is 4.74 Å². The lowest BCUT2D eigenvalue weighted by molar-refractivity contribution is 0.0158. The quantitative estimate of drug-likeness (QED) is 0.343. The molecular formula is C11H23N3O3. The van der Waals surface area contributed by atoms with Gasteiger partial charge in [-0.1, -0.05) is 5.16 Å². The molecule has 0 aromatic heterocycles. The van der Waals surface area contributed by atoms with E-state index in [1.54, 1.807) is 27.7 Å². The minimum absolute atomic E-state index is 0.0236. The van der Waals surface area contributed by atoms with Gasteiger partial charge in [0.05, 0.1) is 6.04 Å². The van der Waals surface area contributed by atoms with E-state index in [2.05, 4.69) is 5.16 Å². The van der Waals surface area contributed by atoms with E-state index in [1.165, 1.54) is 4.90 Å². The summed E-state index contributed by atoms with van der Waals surface area (Å²) in [6, 6.07) is -0.630. The summed E-state index contributed by atoms with van der Waals surface area (Å²) >= 11 is 0. The fourth-order valence-electron chi connectivity index (χ4n) is 1.36. The standard InChI is InChI=1S/C11H23N3O3/c1-7(2)14(8(3)9(12)13-16)10(15)17-11(4,5)6/h7-8,16H,1-6H3,(H2,12,13). The van der Waals surface area contributed by atoms with Gasteiger partial charge in [0, 0.05) is 6.04 Å². The molecule has 0 aliphatic rings. The topological polar surface area (TPSA) is 88.2 Å². The minimum Gasteiger partial charge on any atom is -0.444 e. The Bertz CT molecular complexity index is 295. The van der Waals surface area contributed by atoms with Crippen LogP contribution in [0.2, 0.25) is 0 Å². The molecule has 0 aromatic carbocycles. The maximum atomic E-state index is 12.0. The molecule has 0 heterocycles. The molecule has 1 amide bonds. The zero-order valence-corrected chi connectivity index (χ0v) is 11.4. The Kier molecular flexibility index (Phi) is 5.25. The molecule has 0 fully saturated rings. The molecular weight excluding hydrogens is 222 g/mol. The summed E-state index contributed by atoms with van der Waals surface area (Å²) in [6.45, 7) is 10.7. The smallest absolute Gasteiger partial charge is 0.411 e. The predicted octanol–water partition coefficient (Wildman–Crippen LogP) is 1.77. The summed E-state index contributed by atoms with van der Waals surface area (Å²) in [4.78, 5) is 13.4. The van der Waals surface area contributed by atoms with E-state index in [0.29, 0.717) is 0 Å². The molecule has 3 N–H and O–H groups in total. The highest BCUT2D eigenvalue weighted by Gasteiger charge is 2.30. The van der Waals surface area contributed by atoms with Crippen LogP contribution in [-0.4, -0.2) is 39.7 Å². The molecule has 100 valence electrons. The van der Waals surface area contributed by atoms with Crippen molar-refractivity contribution in [1.29, 1.82) is 0 Å². The minimum atomic E-state index is -0.574. The van der Waals surface area contributed by atoms with Gasteiger partial charge in [-0.3, -0.25) is 4.90 Å². The predicted molar refractivity (Wildman–Crippen MR) is 66.1 cm³/mol.